The van der Waals surface area contributed by atoms with Crippen molar-refractivity contribution >= 4 is 28.9 Å². The van der Waals surface area contributed by atoms with Gasteiger partial charge in [-0.15, -0.1) is 11.8 Å². The molecule has 1 aliphatic heterocycles. The smallest absolute Gasteiger partial charge is 0.0417 e. The number of thioether (sulfide) groups is 1. The third kappa shape index (κ3) is 4.46. The molecule has 1 aromatic rings. The Kier molecular flexibility index (Phi) is 7.45. The van der Waals surface area contributed by atoms with E-state index in [2.05, 4.69) is 45.6 Å². The quantitative estimate of drug-likeness (QED) is 0.466. The molecule has 0 radical (unpaired) electrons. The molecular weight excluding hydrogens is 332 g/mol. The number of allylic oxidation sites excluding steroid dienone is 6. The fourth-order valence-electron chi connectivity index (χ4n) is 3.24. The molecule has 0 nitrogen and oxygen atoms in total. The van der Waals surface area contributed by atoms with E-state index in [1.54, 1.807) is 5.57 Å². The highest BCUT2D eigenvalue weighted by Gasteiger charge is 2.20. The van der Waals surface area contributed by atoms with Crippen molar-refractivity contribution in [1.82, 2.24) is 0 Å². The molecule has 0 unspecified atom stereocenters. The molecule has 0 N–H and O–H groups in total. The Morgan fingerprint density at radius 1 is 1.25 bits per heavy atom. The van der Waals surface area contributed by atoms with Gasteiger partial charge < -0.3 is 0 Å². The highest BCUT2D eigenvalue weighted by molar-refractivity contribution is 7.99. The van der Waals surface area contributed by atoms with Crippen LogP contribution in [0.25, 0.3) is 5.57 Å². The van der Waals surface area contributed by atoms with Crippen LogP contribution in [-0.4, -0.2) is 5.75 Å². The second kappa shape index (κ2) is 9.34. The first kappa shape index (κ1) is 19.1. The maximum atomic E-state index is 6.27. The normalized spacial score (nSPS) is 14.8. The molecule has 2 heteroatoms. The zero-order valence-electron chi connectivity index (χ0n) is 15.0. The van der Waals surface area contributed by atoms with Crippen LogP contribution in [0, 0.1) is 0 Å². The molecule has 0 bridgehead atoms. The van der Waals surface area contributed by atoms with E-state index in [1.807, 2.05) is 30.0 Å². The van der Waals surface area contributed by atoms with Crippen LogP contribution in [0.4, 0.5) is 0 Å². The van der Waals surface area contributed by atoms with Crippen LogP contribution in [0.3, 0.4) is 0 Å². The van der Waals surface area contributed by atoms with Crippen LogP contribution in [0.15, 0.2) is 64.6 Å². The molecule has 0 aromatic heterocycles. The molecule has 0 spiro atoms. The van der Waals surface area contributed by atoms with Gasteiger partial charge in [-0.25, -0.2) is 0 Å². The Morgan fingerprint density at radius 3 is 2.58 bits per heavy atom. The lowest BCUT2D eigenvalue weighted by atomic mass is 9.87. The summed E-state index contributed by atoms with van der Waals surface area (Å²) in [6, 6.07) is 6.34. The summed E-state index contributed by atoms with van der Waals surface area (Å²) in [6.07, 6.45) is 10.8. The van der Waals surface area contributed by atoms with Crippen LogP contribution in [0.5, 0.6) is 0 Å². The molecule has 1 aliphatic rings. The van der Waals surface area contributed by atoms with E-state index < -0.39 is 0 Å². The molecule has 0 amide bonds. The van der Waals surface area contributed by atoms with E-state index in [0.29, 0.717) is 0 Å². The van der Waals surface area contributed by atoms with Gasteiger partial charge in [-0.3, -0.25) is 0 Å². The zero-order chi connectivity index (χ0) is 17.5. The minimum atomic E-state index is 0.816. The molecule has 1 heterocycles. The summed E-state index contributed by atoms with van der Waals surface area (Å²) in [7, 11) is 0. The van der Waals surface area contributed by atoms with Gasteiger partial charge >= 0.3 is 0 Å². The Morgan fingerprint density at radius 2 is 1.96 bits per heavy atom. The summed E-state index contributed by atoms with van der Waals surface area (Å²) >= 11 is 8.15. The number of hydrogen-bond donors (Lipinski definition) is 0. The van der Waals surface area contributed by atoms with E-state index in [4.69, 9.17) is 11.6 Å². The molecule has 1 aromatic carbocycles. The Labute approximate surface area is 156 Å². The fourth-order valence-corrected chi connectivity index (χ4v) is 4.64. The first-order valence-corrected chi connectivity index (χ1v) is 10.1. The Hall–Kier alpha value is -1.18. The van der Waals surface area contributed by atoms with E-state index >= 15 is 0 Å². The fraction of sp³-hybridized carbons (Fsp3) is 0.364. The van der Waals surface area contributed by atoms with Gasteiger partial charge in [-0.1, -0.05) is 74.7 Å². The average molecular weight is 359 g/mol. The van der Waals surface area contributed by atoms with E-state index in [1.165, 1.54) is 40.0 Å². The number of halogens is 1. The third-order valence-corrected chi connectivity index (χ3v) is 5.68. The predicted molar refractivity (Wildman–Crippen MR) is 111 cm³/mol. The van der Waals surface area contributed by atoms with Gasteiger partial charge in [-0.05, 0) is 54.2 Å². The minimum absolute atomic E-state index is 0.816. The van der Waals surface area contributed by atoms with Crippen LogP contribution in [-0.2, 0) is 0 Å². The summed E-state index contributed by atoms with van der Waals surface area (Å²) in [4.78, 5) is 1.29. The van der Waals surface area contributed by atoms with E-state index in [0.717, 1.165) is 23.6 Å². The number of benzene rings is 1. The zero-order valence-corrected chi connectivity index (χ0v) is 16.6. The van der Waals surface area contributed by atoms with Gasteiger partial charge in [0.1, 0.15) is 0 Å². The predicted octanol–water partition coefficient (Wildman–Crippen LogP) is 7.86. The van der Waals surface area contributed by atoms with Gasteiger partial charge in [-0.2, -0.15) is 0 Å². The van der Waals surface area contributed by atoms with Gasteiger partial charge in [0.25, 0.3) is 0 Å². The Bertz CT molecular complexity index is 684. The maximum absolute atomic E-state index is 6.27. The largest absolute Gasteiger partial charge is 0.121 e. The van der Waals surface area contributed by atoms with Crippen LogP contribution in [0.1, 0.15) is 52.0 Å². The number of rotatable bonds is 6. The van der Waals surface area contributed by atoms with Crippen molar-refractivity contribution < 1.29 is 0 Å². The highest BCUT2D eigenvalue weighted by atomic mass is 35.5. The molecule has 0 fully saturated rings. The third-order valence-electron chi connectivity index (χ3n) is 4.34. The van der Waals surface area contributed by atoms with Crippen molar-refractivity contribution in [3.05, 3.63) is 70.3 Å². The molecule has 0 atom stereocenters. The SMILES string of the molecule is C=C/C=C\C1=C(C)C(=C(CCC)CCC)c2ccc(Cl)cc2SC1. The Balaban J connectivity index is 2.71. The van der Waals surface area contributed by atoms with Crippen molar-refractivity contribution in [1.29, 1.82) is 0 Å². The van der Waals surface area contributed by atoms with Crippen molar-refractivity contribution in [2.45, 2.75) is 51.3 Å². The van der Waals surface area contributed by atoms with E-state index in [9.17, 15) is 0 Å². The number of hydrogen-bond acceptors (Lipinski definition) is 1. The average Bonchev–Trinajstić information content (AvgIpc) is 2.69. The van der Waals surface area contributed by atoms with Crippen molar-refractivity contribution in [3.8, 4) is 0 Å². The molecule has 2 rings (SSSR count). The molecule has 0 saturated carbocycles. The van der Waals surface area contributed by atoms with Crippen LogP contribution in [0.2, 0.25) is 5.02 Å². The lowest BCUT2D eigenvalue weighted by Gasteiger charge is -2.18. The minimum Gasteiger partial charge on any atom is -0.121 e. The topological polar surface area (TPSA) is 0 Å². The van der Waals surface area contributed by atoms with Crippen LogP contribution < -0.4 is 0 Å². The van der Waals surface area contributed by atoms with Gasteiger partial charge in [0.15, 0.2) is 0 Å². The summed E-state index contributed by atoms with van der Waals surface area (Å²) in [5.74, 6) is 0.971. The second-order valence-corrected chi connectivity index (χ2v) is 7.61. The van der Waals surface area contributed by atoms with Crippen molar-refractivity contribution in [2.75, 3.05) is 5.75 Å². The van der Waals surface area contributed by atoms with Gasteiger partial charge in [0.05, 0.1) is 0 Å². The summed E-state index contributed by atoms with van der Waals surface area (Å²) in [5.41, 5.74) is 7.15. The molecule has 128 valence electrons. The van der Waals surface area contributed by atoms with E-state index in [-0.39, 0.29) is 0 Å². The standard InChI is InChI=1S/C22H27ClS/c1-5-8-11-18-15-24-21-14-19(23)12-13-20(21)22(16(18)4)17(9-6-2)10-7-3/h5,8,11-14H,1,6-7,9-10,15H2,2-4H3/b11-8-. The highest BCUT2D eigenvalue weighted by Crippen LogP contribution is 2.43. The van der Waals surface area contributed by atoms with Crippen molar-refractivity contribution in [3.63, 3.8) is 0 Å². The molecule has 0 aliphatic carbocycles. The molecular formula is C22H27ClS. The molecule has 24 heavy (non-hydrogen) atoms. The first-order valence-electron chi connectivity index (χ1n) is 8.76. The summed E-state index contributed by atoms with van der Waals surface area (Å²) < 4.78 is 0. The number of fused-ring (bicyclic) bond motifs is 1. The summed E-state index contributed by atoms with van der Waals surface area (Å²) in [5, 5.41) is 0.816. The lowest BCUT2D eigenvalue weighted by molar-refractivity contribution is 0.805. The molecule has 0 saturated heterocycles. The van der Waals surface area contributed by atoms with Crippen LogP contribution >= 0.6 is 23.4 Å². The lowest BCUT2D eigenvalue weighted by Crippen LogP contribution is -1.97. The summed E-state index contributed by atoms with van der Waals surface area (Å²) in [6.45, 7) is 10.6. The van der Waals surface area contributed by atoms with Gasteiger partial charge in [0, 0.05) is 15.7 Å². The monoisotopic (exact) mass is 358 g/mol. The van der Waals surface area contributed by atoms with Crippen molar-refractivity contribution in [2.24, 2.45) is 0 Å². The van der Waals surface area contributed by atoms with Gasteiger partial charge in [0.2, 0.25) is 0 Å². The second-order valence-electron chi connectivity index (χ2n) is 6.15. The maximum Gasteiger partial charge on any atom is 0.0417 e. The first-order chi connectivity index (χ1) is 11.6.